The number of anilines is 2. The Bertz CT molecular complexity index is 803. The van der Waals surface area contributed by atoms with Gasteiger partial charge in [0.05, 0.1) is 19.4 Å². The lowest BCUT2D eigenvalue weighted by Crippen LogP contribution is -2.07. The van der Waals surface area contributed by atoms with Crippen LogP contribution < -0.4 is 14.8 Å². The monoisotopic (exact) mass is 370 g/mol. The summed E-state index contributed by atoms with van der Waals surface area (Å²) < 4.78 is 16.2. The van der Waals surface area contributed by atoms with Crippen molar-refractivity contribution in [2.75, 3.05) is 32.8 Å². The number of rotatable bonds is 10. The van der Waals surface area contributed by atoms with Crippen molar-refractivity contribution in [1.29, 1.82) is 5.26 Å². The van der Waals surface area contributed by atoms with Crippen molar-refractivity contribution in [3.05, 3.63) is 35.0 Å². The van der Waals surface area contributed by atoms with Crippen LogP contribution in [-0.2, 0) is 17.6 Å². The Balaban J connectivity index is 2.24. The van der Waals surface area contributed by atoms with Crippen molar-refractivity contribution < 1.29 is 14.2 Å². The molecule has 0 radical (unpaired) electrons. The molecule has 0 unspecified atom stereocenters. The number of nitrogens with one attached hydrogen (secondary N) is 1. The highest BCUT2D eigenvalue weighted by Crippen LogP contribution is 2.32. The number of aryl methyl sites for hydroxylation is 1. The van der Waals surface area contributed by atoms with E-state index >= 15 is 0 Å². The zero-order valence-corrected chi connectivity index (χ0v) is 16.3. The van der Waals surface area contributed by atoms with Gasteiger partial charge in [0.25, 0.3) is 0 Å². The van der Waals surface area contributed by atoms with Gasteiger partial charge in [-0.25, -0.2) is 0 Å². The minimum atomic E-state index is 0.447. The Morgan fingerprint density at radius 1 is 1.07 bits per heavy atom. The highest BCUT2D eigenvalue weighted by atomic mass is 16.5. The van der Waals surface area contributed by atoms with E-state index in [4.69, 9.17) is 14.2 Å². The maximum absolute atomic E-state index is 9.60. The minimum absolute atomic E-state index is 0.447. The molecule has 0 amide bonds. The molecule has 0 aliphatic carbocycles. The molecule has 1 N–H and O–H groups in total. The Kier molecular flexibility index (Phi) is 7.83. The Morgan fingerprint density at radius 3 is 2.52 bits per heavy atom. The van der Waals surface area contributed by atoms with Crippen molar-refractivity contribution in [3.63, 3.8) is 0 Å². The lowest BCUT2D eigenvalue weighted by molar-refractivity contribution is 0.170. The van der Waals surface area contributed by atoms with E-state index in [1.54, 1.807) is 14.2 Å². The SMILES string of the molecule is CCc1nnc(Nc2ccc(OCCCOC)c(OC)c2)c(C#N)c1CC. The summed E-state index contributed by atoms with van der Waals surface area (Å²) in [5, 5.41) is 21.2. The van der Waals surface area contributed by atoms with Gasteiger partial charge in [0.1, 0.15) is 11.6 Å². The van der Waals surface area contributed by atoms with Crippen molar-refractivity contribution in [1.82, 2.24) is 10.2 Å². The van der Waals surface area contributed by atoms with Gasteiger partial charge >= 0.3 is 0 Å². The van der Waals surface area contributed by atoms with Crippen LogP contribution in [0.1, 0.15) is 37.1 Å². The molecule has 7 heteroatoms. The Hall–Kier alpha value is -2.85. The standard InChI is InChI=1S/C20H26N4O3/c1-5-15-16(13-21)20(24-23-17(15)6-2)22-14-8-9-18(19(12-14)26-4)27-11-7-10-25-3/h8-9,12H,5-7,10-11H2,1-4H3,(H,22,24). The molecule has 2 rings (SSSR count). The van der Waals surface area contributed by atoms with E-state index < -0.39 is 0 Å². The molecule has 0 atom stereocenters. The first kappa shape index (κ1) is 20.5. The van der Waals surface area contributed by atoms with E-state index in [1.165, 1.54) is 0 Å². The van der Waals surface area contributed by atoms with Gasteiger partial charge < -0.3 is 19.5 Å². The summed E-state index contributed by atoms with van der Waals surface area (Å²) in [6.07, 6.45) is 2.27. The number of hydrogen-bond donors (Lipinski definition) is 1. The molecule has 0 aliphatic heterocycles. The van der Waals surface area contributed by atoms with Gasteiger partial charge in [-0.05, 0) is 30.5 Å². The van der Waals surface area contributed by atoms with Crippen molar-refractivity contribution in [2.24, 2.45) is 0 Å². The van der Waals surface area contributed by atoms with E-state index in [9.17, 15) is 5.26 Å². The molecule has 0 fully saturated rings. The number of aromatic nitrogens is 2. The lowest BCUT2D eigenvalue weighted by Gasteiger charge is -2.14. The van der Waals surface area contributed by atoms with Gasteiger partial charge in [0.15, 0.2) is 17.3 Å². The fraction of sp³-hybridized carbons (Fsp3) is 0.450. The third-order valence-corrected chi connectivity index (χ3v) is 4.13. The molecule has 1 heterocycles. The predicted molar refractivity (Wildman–Crippen MR) is 104 cm³/mol. The van der Waals surface area contributed by atoms with Crippen LogP contribution in [0.4, 0.5) is 11.5 Å². The van der Waals surface area contributed by atoms with E-state index in [0.717, 1.165) is 36.2 Å². The first-order valence-corrected chi connectivity index (χ1v) is 9.03. The number of nitriles is 1. The van der Waals surface area contributed by atoms with Gasteiger partial charge in [-0.15, -0.1) is 5.10 Å². The van der Waals surface area contributed by atoms with Crippen LogP contribution in [0.15, 0.2) is 18.2 Å². The zero-order chi connectivity index (χ0) is 19.6. The van der Waals surface area contributed by atoms with Crippen LogP contribution in [0.25, 0.3) is 0 Å². The number of hydrogen-bond acceptors (Lipinski definition) is 7. The summed E-state index contributed by atoms with van der Waals surface area (Å²) in [6.45, 7) is 5.21. The van der Waals surface area contributed by atoms with Crippen molar-refractivity contribution >= 4 is 11.5 Å². The largest absolute Gasteiger partial charge is 0.493 e. The Labute approximate surface area is 160 Å². The van der Waals surface area contributed by atoms with Crippen LogP contribution in [0, 0.1) is 11.3 Å². The molecule has 0 saturated heterocycles. The van der Waals surface area contributed by atoms with Crippen LogP contribution >= 0.6 is 0 Å². The summed E-state index contributed by atoms with van der Waals surface area (Å²) in [7, 11) is 3.25. The normalized spacial score (nSPS) is 10.3. The molecule has 27 heavy (non-hydrogen) atoms. The molecule has 2 aromatic rings. The van der Waals surface area contributed by atoms with Crippen molar-refractivity contribution in [2.45, 2.75) is 33.1 Å². The maximum Gasteiger partial charge on any atom is 0.171 e. The second-order valence-electron chi connectivity index (χ2n) is 5.85. The summed E-state index contributed by atoms with van der Waals surface area (Å²) in [5.41, 5.74) is 3.07. The molecule has 7 nitrogen and oxygen atoms in total. The summed E-state index contributed by atoms with van der Waals surface area (Å²) in [4.78, 5) is 0. The maximum atomic E-state index is 9.60. The van der Waals surface area contributed by atoms with Gasteiger partial charge in [-0.1, -0.05) is 13.8 Å². The van der Waals surface area contributed by atoms with Gasteiger partial charge in [-0.2, -0.15) is 10.4 Å². The zero-order valence-electron chi connectivity index (χ0n) is 16.3. The average molecular weight is 370 g/mol. The van der Waals surface area contributed by atoms with E-state index in [-0.39, 0.29) is 0 Å². The van der Waals surface area contributed by atoms with Gasteiger partial charge in [0.2, 0.25) is 0 Å². The number of methoxy groups -OCH3 is 2. The molecule has 1 aromatic heterocycles. The van der Waals surface area contributed by atoms with Crippen LogP contribution in [-0.4, -0.2) is 37.6 Å². The number of ether oxygens (including phenoxy) is 3. The third kappa shape index (κ3) is 5.08. The first-order chi connectivity index (χ1) is 13.2. The second-order valence-corrected chi connectivity index (χ2v) is 5.85. The molecular weight excluding hydrogens is 344 g/mol. The fourth-order valence-electron chi connectivity index (χ4n) is 2.77. The van der Waals surface area contributed by atoms with Crippen LogP contribution in [0.2, 0.25) is 0 Å². The molecule has 0 spiro atoms. The first-order valence-electron chi connectivity index (χ1n) is 9.03. The molecule has 1 aromatic carbocycles. The van der Waals surface area contributed by atoms with Gasteiger partial charge in [0, 0.05) is 31.9 Å². The van der Waals surface area contributed by atoms with Gasteiger partial charge in [-0.3, -0.25) is 0 Å². The number of nitrogens with zero attached hydrogens (tertiary/aromatic N) is 3. The van der Waals surface area contributed by atoms with Crippen LogP contribution in [0.5, 0.6) is 11.5 Å². The van der Waals surface area contributed by atoms with E-state index in [0.29, 0.717) is 36.1 Å². The molecule has 0 saturated carbocycles. The number of benzene rings is 1. The average Bonchev–Trinajstić information content (AvgIpc) is 2.71. The molecule has 0 aliphatic rings. The lowest BCUT2D eigenvalue weighted by atomic mass is 10.0. The summed E-state index contributed by atoms with van der Waals surface area (Å²) in [6, 6.07) is 7.76. The van der Waals surface area contributed by atoms with Crippen LogP contribution in [0.3, 0.4) is 0 Å². The van der Waals surface area contributed by atoms with E-state index in [1.807, 2.05) is 32.0 Å². The second kappa shape index (κ2) is 10.3. The van der Waals surface area contributed by atoms with Crippen molar-refractivity contribution in [3.8, 4) is 17.6 Å². The summed E-state index contributed by atoms with van der Waals surface area (Å²) >= 11 is 0. The van der Waals surface area contributed by atoms with E-state index in [2.05, 4.69) is 21.6 Å². The predicted octanol–water partition coefficient (Wildman–Crippen LogP) is 3.64. The highest BCUT2D eigenvalue weighted by molar-refractivity contribution is 5.67. The highest BCUT2D eigenvalue weighted by Gasteiger charge is 2.15. The topological polar surface area (TPSA) is 89.3 Å². The molecule has 0 bridgehead atoms. The fourth-order valence-corrected chi connectivity index (χ4v) is 2.77. The quantitative estimate of drug-likeness (QED) is 0.639. The smallest absolute Gasteiger partial charge is 0.171 e. The summed E-state index contributed by atoms with van der Waals surface area (Å²) in [5.74, 6) is 1.70. The molecular formula is C20H26N4O3. The Morgan fingerprint density at radius 2 is 1.89 bits per heavy atom. The molecule has 144 valence electrons. The third-order valence-electron chi connectivity index (χ3n) is 4.13. The minimum Gasteiger partial charge on any atom is -0.493 e.